The third kappa shape index (κ3) is 2.46. The molecule has 2 N–H and O–H groups in total. The molecule has 3 nitrogen and oxygen atoms in total. The van der Waals surface area contributed by atoms with Crippen molar-refractivity contribution in [3.05, 3.63) is 15.8 Å². The van der Waals surface area contributed by atoms with Crippen LogP contribution in [0.2, 0.25) is 0 Å². The Labute approximate surface area is 107 Å². The van der Waals surface area contributed by atoms with E-state index in [1.807, 2.05) is 17.9 Å². The minimum Gasteiger partial charge on any atom is -0.398 e. The number of carbonyl (C=O) groups excluding carboxylic acids is 1. The Bertz CT molecular complexity index is 388. The van der Waals surface area contributed by atoms with Crippen molar-refractivity contribution >= 4 is 22.9 Å². The third-order valence-corrected chi connectivity index (χ3v) is 4.59. The summed E-state index contributed by atoms with van der Waals surface area (Å²) < 4.78 is 0. The molecule has 94 valence electrons. The zero-order valence-corrected chi connectivity index (χ0v) is 11.3. The van der Waals surface area contributed by atoms with Crippen molar-refractivity contribution in [1.29, 1.82) is 0 Å². The van der Waals surface area contributed by atoms with Crippen molar-refractivity contribution in [3.8, 4) is 0 Å². The Balaban J connectivity index is 2.16. The lowest BCUT2D eigenvalue weighted by atomic mass is 10.2. The fourth-order valence-electron chi connectivity index (χ4n) is 2.53. The van der Waals surface area contributed by atoms with Gasteiger partial charge in [-0.3, -0.25) is 4.79 Å². The Morgan fingerprint density at radius 1 is 1.53 bits per heavy atom. The molecule has 0 aliphatic heterocycles. The van der Waals surface area contributed by atoms with Gasteiger partial charge in [0.2, 0.25) is 0 Å². The van der Waals surface area contributed by atoms with Crippen LogP contribution >= 0.6 is 11.3 Å². The fraction of sp³-hybridized carbons (Fsp3) is 0.615. The number of rotatable bonds is 3. The van der Waals surface area contributed by atoms with Gasteiger partial charge in [0.1, 0.15) is 0 Å². The maximum atomic E-state index is 12.4. The molecule has 0 saturated heterocycles. The molecule has 0 bridgehead atoms. The van der Waals surface area contributed by atoms with Gasteiger partial charge in [-0.25, -0.2) is 0 Å². The van der Waals surface area contributed by atoms with E-state index in [9.17, 15) is 4.79 Å². The molecule has 2 rings (SSSR count). The van der Waals surface area contributed by atoms with E-state index in [1.54, 1.807) is 0 Å². The monoisotopic (exact) mass is 252 g/mol. The predicted molar refractivity (Wildman–Crippen MR) is 72.4 cm³/mol. The van der Waals surface area contributed by atoms with Gasteiger partial charge >= 0.3 is 0 Å². The molecular weight excluding hydrogens is 232 g/mol. The summed E-state index contributed by atoms with van der Waals surface area (Å²) in [5, 5.41) is 0. The van der Waals surface area contributed by atoms with Crippen molar-refractivity contribution in [2.45, 2.75) is 45.6 Å². The molecule has 1 fully saturated rings. The maximum Gasteiger partial charge on any atom is 0.264 e. The molecule has 17 heavy (non-hydrogen) atoms. The normalized spacial score (nSPS) is 16.4. The van der Waals surface area contributed by atoms with Crippen molar-refractivity contribution in [2.75, 3.05) is 12.3 Å². The highest BCUT2D eigenvalue weighted by molar-refractivity contribution is 7.14. The number of amides is 1. The smallest absolute Gasteiger partial charge is 0.264 e. The van der Waals surface area contributed by atoms with Gasteiger partial charge in [0.05, 0.1) is 4.88 Å². The first-order valence-electron chi connectivity index (χ1n) is 6.30. The molecule has 4 heteroatoms. The number of thiophene rings is 1. The van der Waals surface area contributed by atoms with Gasteiger partial charge < -0.3 is 10.6 Å². The van der Waals surface area contributed by atoms with Crippen LogP contribution in [0.5, 0.6) is 0 Å². The average Bonchev–Trinajstić information content (AvgIpc) is 2.91. The molecule has 1 amide bonds. The van der Waals surface area contributed by atoms with E-state index in [4.69, 9.17) is 5.73 Å². The second kappa shape index (κ2) is 5.08. The van der Waals surface area contributed by atoms with E-state index in [1.165, 1.54) is 24.2 Å². The van der Waals surface area contributed by atoms with Gasteiger partial charge in [0.15, 0.2) is 0 Å². The second-order valence-electron chi connectivity index (χ2n) is 4.65. The van der Waals surface area contributed by atoms with Crippen LogP contribution in [-0.2, 0) is 0 Å². The zero-order valence-electron chi connectivity index (χ0n) is 10.5. The Kier molecular flexibility index (Phi) is 3.72. The lowest BCUT2D eigenvalue weighted by Crippen LogP contribution is -2.38. The van der Waals surface area contributed by atoms with Crippen molar-refractivity contribution in [2.24, 2.45) is 0 Å². The van der Waals surface area contributed by atoms with Gasteiger partial charge in [-0.15, -0.1) is 11.3 Å². The first kappa shape index (κ1) is 12.4. The van der Waals surface area contributed by atoms with Gasteiger partial charge in [-0.2, -0.15) is 0 Å². The van der Waals surface area contributed by atoms with E-state index in [0.29, 0.717) is 6.04 Å². The molecule has 0 unspecified atom stereocenters. The number of aryl methyl sites for hydroxylation is 1. The summed E-state index contributed by atoms with van der Waals surface area (Å²) in [7, 11) is 0. The average molecular weight is 252 g/mol. The number of anilines is 1. The van der Waals surface area contributed by atoms with Crippen LogP contribution in [0.15, 0.2) is 6.07 Å². The van der Waals surface area contributed by atoms with Crippen molar-refractivity contribution in [3.63, 3.8) is 0 Å². The topological polar surface area (TPSA) is 46.3 Å². The third-order valence-electron chi connectivity index (χ3n) is 3.53. The first-order chi connectivity index (χ1) is 8.13. The highest BCUT2D eigenvalue weighted by Gasteiger charge is 2.27. The van der Waals surface area contributed by atoms with Gasteiger partial charge in [-0.1, -0.05) is 12.8 Å². The van der Waals surface area contributed by atoms with Crippen LogP contribution in [0.3, 0.4) is 0 Å². The maximum absolute atomic E-state index is 12.4. The summed E-state index contributed by atoms with van der Waals surface area (Å²) in [6.07, 6.45) is 4.80. The lowest BCUT2D eigenvalue weighted by Gasteiger charge is -2.27. The van der Waals surface area contributed by atoms with E-state index in [-0.39, 0.29) is 5.91 Å². The summed E-state index contributed by atoms with van der Waals surface area (Å²) in [4.78, 5) is 16.2. The van der Waals surface area contributed by atoms with Crippen LogP contribution in [0, 0.1) is 6.92 Å². The SMILES string of the molecule is CCN(C(=O)c1cc(N)c(C)s1)C1CCCC1. The standard InChI is InChI=1S/C13H20N2OS/c1-3-15(10-6-4-5-7-10)13(16)12-8-11(14)9(2)17-12/h8,10H,3-7,14H2,1-2H3. The summed E-state index contributed by atoms with van der Waals surface area (Å²) in [5.74, 6) is 0.157. The van der Waals surface area contributed by atoms with E-state index in [0.717, 1.165) is 34.8 Å². The van der Waals surface area contributed by atoms with E-state index < -0.39 is 0 Å². The van der Waals surface area contributed by atoms with Crippen molar-refractivity contribution < 1.29 is 4.79 Å². The Hall–Kier alpha value is -1.03. The summed E-state index contributed by atoms with van der Waals surface area (Å²) >= 11 is 1.51. The van der Waals surface area contributed by atoms with Crippen LogP contribution in [0.1, 0.15) is 47.2 Å². The Morgan fingerprint density at radius 3 is 2.65 bits per heavy atom. The van der Waals surface area contributed by atoms with Gasteiger partial charge in [-0.05, 0) is 32.8 Å². The van der Waals surface area contributed by atoms with Gasteiger partial charge in [0, 0.05) is 23.2 Å². The highest BCUT2D eigenvalue weighted by Crippen LogP contribution is 2.28. The molecule has 0 spiro atoms. The molecule has 1 aromatic heterocycles. The molecule has 1 aromatic rings. The van der Waals surface area contributed by atoms with Crippen LogP contribution in [0.25, 0.3) is 0 Å². The van der Waals surface area contributed by atoms with Crippen LogP contribution < -0.4 is 5.73 Å². The minimum atomic E-state index is 0.157. The predicted octanol–water partition coefficient (Wildman–Crippen LogP) is 3.04. The highest BCUT2D eigenvalue weighted by atomic mass is 32.1. The number of nitrogen functional groups attached to an aromatic ring is 1. The first-order valence-corrected chi connectivity index (χ1v) is 7.12. The summed E-state index contributed by atoms with van der Waals surface area (Å²) in [6, 6.07) is 2.26. The van der Waals surface area contributed by atoms with Crippen molar-refractivity contribution in [1.82, 2.24) is 4.90 Å². The molecular formula is C13H20N2OS. The molecule has 0 radical (unpaired) electrons. The molecule has 0 atom stereocenters. The number of carbonyl (C=O) groups is 1. The minimum absolute atomic E-state index is 0.157. The molecule has 1 saturated carbocycles. The lowest BCUT2D eigenvalue weighted by molar-refractivity contribution is 0.0698. The molecule has 0 aromatic carbocycles. The van der Waals surface area contributed by atoms with Gasteiger partial charge in [0.25, 0.3) is 5.91 Å². The zero-order chi connectivity index (χ0) is 12.4. The number of nitrogens with two attached hydrogens (primary N) is 1. The summed E-state index contributed by atoms with van der Waals surface area (Å²) in [5.41, 5.74) is 6.55. The Morgan fingerprint density at radius 2 is 2.18 bits per heavy atom. The molecule has 1 aliphatic rings. The molecule has 1 aliphatic carbocycles. The summed E-state index contributed by atoms with van der Waals surface area (Å²) in [6.45, 7) is 4.81. The van der Waals surface area contributed by atoms with Crippen LogP contribution in [-0.4, -0.2) is 23.4 Å². The number of nitrogens with zero attached hydrogens (tertiary/aromatic N) is 1. The van der Waals surface area contributed by atoms with E-state index >= 15 is 0 Å². The molecule has 1 heterocycles. The van der Waals surface area contributed by atoms with E-state index in [2.05, 4.69) is 6.92 Å². The fourth-order valence-corrected chi connectivity index (χ4v) is 3.42. The number of hydrogen-bond acceptors (Lipinski definition) is 3. The second-order valence-corrected chi connectivity index (χ2v) is 5.91. The number of hydrogen-bond donors (Lipinski definition) is 1. The largest absolute Gasteiger partial charge is 0.398 e. The quantitative estimate of drug-likeness (QED) is 0.898. The van der Waals surface area contributed by atoms with Crippen LogP contribution in [0.4, 0.5) is 5.69 Å².